The van der Waals surface area contributed by atoms with E-state index in [1.807, 2.05) is 6.07 Å². The first-order chi connectivity index (χ1) is 12.5. The zero-order valence-electron chi connectivity index (χ0n) is 14.7. The van der Waals surface area contributed by atoms with E-state index >= 15 is 0 Å². The second-order valence-electron chi connectivity index (χ2n) is 5.82. The third-order valence-electron chi connectivity index (χ3n) is 4.02. The highest BCUT2D eigenvalue weighted by Gasteiger charge is 2.24. The monoisotopic (exact) mass is 353 g/mol. The van der Waals surface area contributed by atoms with E-state index in [1.54, 1.807) is 56.5 Å². The van der Waals surface area contributed by atoms with Gasteiger partial charge in [-0.2, -0.15) is 0 Å². The molecular weight excluding hydrogens is 334 g/mol. The molecule has 0 radical (unpaired) electrons. The Kier molecular flexibility index (Phi) is 4.93. The molecule has 1 N–H and O–H groups in total. The number of furan rings is 1. The minimum absolute atomic E-state index is 0.0765. The lowest BCUT2D eigenvalue weighted by atomic mass is 10.1. The van der Waals surface area contributed by atoms with Crippen LogP contribution < -0.4 is 10.1 Å². The average Bonchev–Trinajstić information content (AvgIpc) is 2.98. The summed E-state index contributed by atoms with van der Waals surface area (Å²) in [5.74, 6) is -0.363. The Morgan fingerprint density at radius 3 is 2.54 bits per heavy atom. The molecule has 1 amide bonds. The number of amides is 1. The largest absolute Gasteiger partial charge is 0.497 e. The van der Waals surface area contributed by atoms with Gasteiger partial charge in [0, 0.05) is 16.6 Å². The third-order valence-corrected chi connectivity index (χ3v) is 4.02. The fourth-order valence-electron chi connectivity index (χ4n) is 2.55. The van der Waals surface area contributed by atoms with Gasteiger partial charge in [0.05, 0.1) is 7.11 Å². The summed E-state index contributed by atoms with van der Waals surface area (Å²) < 4.78 is 16.0. The van der Waals surface area contributed by atoms with Crippen molar-refractivity contribution >= 4 is 28.5 Å². The number of carbonyl (C=O) groups excluding carboxylic acids is 2. The molecule has 2 aromatic carbocycles. The summed E-state index contributed by atoms with van der Waals surface area (Å²) in [6.07, 6.45) is -0.968. The molecule has 0 fully saturated rings. The number of rotatable bonds is 5. The number of ether oxygens (including phenoxy) is 2. The number of hydrogen-bond acceptors (Lipinski definition) is 5. The predicted molar refractivity (Wildman–Crippen MR) is 97.5 cm³/mol. The van der Waals surface area contributed by atoms with Crippen LogP contribution in [0.3, 0.4) is 0 Å². The fraction of sp³-hybridized carbons (Fsp3) is 0.200. The van der Waals surface area contributed by atoms with E-state index in [1.165, 1.54) is 6.92 Å². The molecule has 0 aliphatic heterocycles. The van der Waals surface area contributed by atoms with Gasteiger partial charge in [0.1, 0.15) is 11.3 Å². The number of esters is 1. The highest BCUT2D eigenvalue weighted by molar-refractivity contribution is 5.99. The van der Waals surface area contributed by atoms with Crippen molar-refractivity contribution in [1.29, 1.82) is 0 Å². The third kappa shape index (κ3) is 3.54. The number of anilines is 1. The summed E-state index contributed by atoms with van der Waals surface area (Å²) in [4.78, 5) is 24.6. The van der Waals surface area contributed by atoms with Crippen LogP contribution in [0.1, 0.15) is 23.0 Å². The van der Waals surface area contributed by atoms with Crippen LogP contribution in [0.5, 0.6) is 5.75 Å². The van der Waals surface area contributed by atoms with Gasteiger partial charge in [0.15, 0.2) is 6.10 Å². The molecule has 26 heavy (non-hydrogen) atoms. The van der Waals surface area contributed by atoms with Gasteiger partial charge in [-0.1, -0.05) is 18.2 Å². The molecule has 6 nitrogen and oxygen atoms in total. The van der Waals surface area contributed by atoms with Crippen molar-refractivity contribution < 1.29 is 23.5 Å². The Morgan fingerprint density at radius 1 is 1.12 bits per heavy atom. The molecule has 1 atom stereocenters. The number of para-hydroxylation sites is 1. The van der Waals surface area contributed by atoms with E-state index in [9.17, 15) is 9.59 Å². The first kappa shape index (κ1) is 17.5. The van der Waals surface area contributed by atoms with Gasteiger partial charge in [-0.05, 0) is 44.2 Å². The van der Waals surface area contributed by atoms with Crippen molar-refractivity contribution in [1.82, 2.24) is 0 Å². The van der Waals surface area contributed by atoms with Crippen LogP contribution >= 0.6 is 0 Å². The number of methoxy groups -OCH3 is 1. The topological polar surface area (TPSA) is 77.8 Å². The zero-order valence-corrected chi connectivity index (χ0v) is 14.7. The number of benzene rings is 2. The van der Waals surface area contributed by atoms with E-state index < -0.39 is 18.0 Å². The van der Waals surface area contributed by atoms with Crippen LogP contribution in [-0.4, -0.2) is 25.1 Å². The molecule has 0 saturated carbocycles. The predicted octanol–water partition coefficient (Wildman–Crippen LogP) is 3.93. The van der Waals surface area contributed by atoms with Crippen LogP contribution in [0.2, 0.25) is 0 Å². The highest BCUT2D eigenvalue weighted by Crippen LogP contribution is 2.29. The molecule has 6 heteroatoms. The number of carbonyl (C=O) groups is 2. The Labute approximate surface area is 150 Å². The van der Waals surface area contributed by atoms with Crippen LogP contribution in [0.15, 0.2) is 52.9 Å². The van der Waals surface area contributed by atoms with Gasteiger partial charge in [-0.15, -0.1) is 0 Å². The molecule has 3 aromatic rings. The minimum Gasteiger partial charge on any atom is -0.497 e. The molecule has 0 saturated heterocycles. The molecule has 0 spiro atoms. The van der Waals surface area contributed by atoms with E-state index in [4.69, 9.17) is 13.9 Å². The molecule has 134 valence electrons. The van der Waals surface area contributed by atoms with Crippen LogP contribution in [-0.2, 0) is 9.53 Å². The maximum absolute atomic E-state index is 12.4. The molecular formula is C20H19NO5. The summed E-state index contributed by atoms with van der Waals surface area (Å²) in [5.41, 5.74) is 1.82. The lowest BCUT2D eigenvalue weighted by Crippen LogP contribution is -2.30. The summed E-state index contributed by atoms with van der Waals surface area (Å²) in [7, 11) is 1.57. The Morgan fingerprint density at radius 2 is 1.85 bits per heavy atom. The van der Waals surface area contributed by atoms with E-state index in [2.05, 4.69) is 5.32 Å². The highest BCUT2D eigenvalue weighted by atomic mass is 16.6. The van der Waals surface area contributed by atoms with Gasteiger partial charge in [-0.25, -0.2) is 4.79 Å². The van der Waals surface area contributed by atoms with Crippen molar-refractivity contribution in [2.24, 2.45) is 0 Å². The van der Waals surface area contributed by atoms with Crippen molar-refractivity contribution in [3.63, 3.8) is 0 Å². The Bertz CT molecular complexity index is 945. The second kappa shape index (κ2) is 7.31. The summed E-state index contributed by atoms with van der Waals surface area (Å²) in [6, 6.07) is 14.2. The van der Waals surface area contributed by atoms with Gasteiger partial charge in [0.2, 0.25) is 5.76 Å². The zero-order chi connectivity index (χ0) is 18.7. The molecule has 0 unspecified atom stereocenters. The fourth-order valence-corrected chi connectivity index (χ4v) is 2.55. The molecule has 1 aromatic heterocycles. The quantitative estimate of drug-likeness (QED) is 0.703. The number of nitrogens with one attached hydrogen (secondary N) is 1. The number of aryl methyl sites for hydroxylation is 1. The van der Waals surface area contributed by atoms with Gasteiger partial charge < -0.3 is 19.2 Å². The van der Waals surface area contributed by atoms with Crippen LogP contribution in [0.4, 0.5) is 5.69 Å². The van der Waals surface area contributed by atoms with E-state index in [-0.39, 0.29) is 5.76 Å². The average molecular weight is 353 g/mol. The maximum atomic E-state index is 12.4. The smallest absolute Gasteiger partial charge is 0.375 e. The van der Waals surface area contributed by atoms with Crippen molar-refractivity contribution in [3.05, 3.63) is 59.9 Å². The number of fused-ring (bicyclic) bond motifs is 1. The van der Waals surface area contributed by atoms with Crippen molar-refractivity contribution in [2.45, 2.75) is 20.0 Å². The minimum atomic E-state index is -0.968. The SMILES string of the molecule is COc1ccc2oc(C(=O)O[C@@H](C)C(=O)Nc3ccccc3)c(C)c2c1. The van der Waals surface area contributed by atoms with Gasteiger partial charge in [0.25, 0.3) is 5.91 Å². The second-order valence-corrected chi connectivity index (χ2v) is 5.82. The van der Waals surface area contributed by atoms with E-state index in [0.717, 1.165) is 5.39 Å². The Hall–Kier alpha value is -3.28. The van der Waals surface area contributed by atoms with Crippen LogP contribution in [0, 0.1) is 6.92 Å². The number of hydrogen-bond donors (Lipinski definition) is 1. The first-order valence-corrected chi connectivity index (χ1v) is 8.13. The molecule has 0 aliphatic carbocycles. The molecule has 3 rings (SSSR count). The summed E-state index contributed by atoms with van der Waals surface area (Å²) in [6.45, 7) is 3.27. The normalized spacial score (nSPS) is 11.8. The van der Waals surface area contributed by atoms with Gasteiger partial charge >= 0.3 is 5.97 Å². The lowest BCUT2D eigenvalue weighted by molar-refractivity contribution is -0.123. The van der Waals surface area contributed by atoms with E-state index in [0.29, 0.717) is 22.6 Å². The summed E-state index contributed by atoms with van der Waals surface area (Å²) in [5, 5.41) is 3.45. The molecule has 0 aliphatic rings. The lowest BCUT2D eigenvalue weighted by Gasteiger charge is -2.12. The molecule has 1 heterocycles. The van der Waals surface area contributed by atoms with Crippen LogP contribution in [0.25, 0.3) is 11.0 Å². The van der Waals surface area contributed by atoms with Crippen molar-refractivity contribution in [3.8, 4) is 5.75 Å². The van der Waals surface area contributed by atoms with Gasteiger partial charge in [-0.3, -0.25) is 4.79 Å². The standard InChI is InChI=1S/C20H19NO5/c1-12-16-11-15(24-3)9-10-17(16)26-18(12)20(23)25-13(2)19(22)21-14-7-5-4-6-8-14/h4-11,13H,1-3H3,(H,21,22)/t13-/m0/s1. The Balaban J connectivity index is 1.74. The maximum Gasteiger partial charge on any atom is 0.375 e. The molecule has 0 bridgehead atoms. The van der Waals surface area contributed by atoms with Crippen molar-refractivity contribution in [2.75, 3.05) is 12.4 Å². The first-order valence-electron chi connectivity index (χ1n) is 8.13. The summed E-state index contributed by atoms with van der Waals surface area (Å²) >= 11 is 0.